The summed E-state index contributed by atoms with van der Waals surface area (Å²) in [5, 5.41) is 2.89. The molecule has 0 saturated carbocycles. The van der Waals surface area contributed by atoms with Crippen molar-refractivity contribution in [2.75, 3.05) is 25.1 Å². The zero-order chi connectivity index (χ0) is 18.4. The van der Waals surface area contributed by atoms with Gasteiger partial charge in [-0.3, -0.25) is 4.79 Å². The number of benzene rings is 2. The van der Waals surface area contributed by atoms with Gasteiger partial charge >= 0.3 is 0 Å². The van der Waals surface area contributed by atoms with Crippen LogP contribution in [0.25, 0.3) is 0 Å². The van der Waals surface area contributed by atoms with Gasteiger partial charge in [0.05, 0.1) is 12.3 Å². The minimum Gasteiger partial charge on any atom is -0.494 e. The van der Waals surface area contributed by atoms with Crippen molar-refractivity contribution in [1.29, 1.82) is 0 Å². The molecule has 0 spiro atoms. The molecule has 1 amide bonds. The van der Waals surface area contributed by atoms with E-state index in [1.165, 1.54) is 0 Å². The predicted octanol–water partition coefficient (Wildman–Crippen LogP) is 5.04. The first kappa shape index (κ1) is 18.6. The Morgan fingerprint density at radius 1 is 1.12 bits per heavy atom. The van der Waals surface area contributed by atoms with Crippen LogP contribution in [0, 0.1) is 0 Å². The minimum absolute atomic E-state index is 0.195. The molecule has 1 aliphatic rings. The molecule has 0 unspecified atom stereocenters. The Balaban J connectivity index is 1.63. The van der Waals surface area contributed by atoms with Crippen molar-refractivity contribution in [2.45, 2.75) is 26.2 Å². The van der Waals surface area contributed by atoms with Gasteiger partial charge in [-0.25, -0.2) is 0 Å². The molecule has 138 valence electrons. The average molecular weight is 420 g/mol. The van der Waals surface area contributed by atoms with Crippen LogP contribution in [0.3, 0.4) is 0 Å². The number of ether oxygens (including phenoxy) is 3. The van der Waals surface area contributed by atoms with Crippen LogP contribution in [0.5, 0.6) is 17.2 Å². The number of rotatable bonds is 7. The average Bonchev–Trinajstić information content (AvgIpc) is 2.66. The first-order chi connectivity index (χ1) is 12.7. The second-order valence-electron chi connectivity index (χ2n) is 6.01. The van der Waals surface area contributed by atoms with Gasteiger partial charge in [0.1, 0.15) is 19.0 Å². The van der Waals surface area contributed by atoms with E-state index in [1.807, 2.05) is 12.1 Å². The summed E-state index contributed by atoms with van der Waals surface area (Å²) in [5.74, 6) is 1.88. The number of fused-ring (bicyclic) bond motifs is 1. The van der Waals surface area contributed by atoms with Crippen LogP contribution in [-0.2, 0) is 0 Å². The van der Waals surface area contributed by atoms with Gasteiger partial charge in [-0.1, -0.05) is 19.8 Å². The van der Waals surface area contributed by atoms with Gasteiger partial charge in [0, 0.05) is 22.2 Å². The van der Waals surface area contributed by atoms with Crippen molar-refractivity contribution in [1.82, 2.24) is 0 Å². The summed E-state index contributed by atoms with van der Waals surface area (Å²) in [6.45, 7) is 3.89. The highest BCUT2D eigenvalue weighted by Crippen LogP contribution is 2.38. The molecule has 0 atom stereocenters. The summed E-state index contributed by atoms with van der Waals surface area (Å²) >= 11 is 3.46. The summed E-state index contributed by atoms with van der Waals surface area (Å²) in [6, 6.07) is 10.7. The number of hydrogen-bond acceptors (Lipinski definition) is 4. The third-order valence-corrected chi connectivity index (χ3v) is 4.67. The molecule has 0 saturated heterocycles. The van der Waals surface area contributed by atoms with Crippen LogP contribution in [0.15, 0.2) is 40.9 Å². The number of halogens is 1. The van der Waals surface area contributed by atoms with E-state index in [0.29, 0.717) is 42.6 Å². The molecule has 2 aromatic rings. The lowest BCUT2D eigenvalue weighted by molar-refractivity contribution is 0.102. The summed E-state index contributed by atoms with van der Waals surface area (Å²) in [5.41, 5.74) is 1.20. The zero-order valence-corrected chi connectivity index (χ0v) is 16.3. The van der Waals surface area contributed by atoms with Crippen LogP contribution < -0.4 is 19.5 Å². The largest absolute Gasteiger partial charge is 0.494 e. The number of nitrogens with one attached hydrogen (secondary N) is 1. The molecule has 0 radical (unpaired) electrons. The van der Waals surface area contributed by atoms with Crippen molar-refractivity contribution < 1.29 is 19.0 Å². The Morgan fingerprint density at radius 2 is 1.81 bits per heavy atom. The second-order valence-corrected chi connectivity index (χ2v) is 6.86. The molecular weight excluding hydrogens is 398 g/mol. The van der Waals surface area contributed by atoms with Crippen molar-refractivity contribution in [2.24, 2.45) is 0 Å². The molecule has 5 nitrogen and oxygen atoms in total. The predicted molar refractivity (Wildman–Crippen MR) is 105 cm³/mol. The topological polar surface area (TPSA) is 56.8 Å². The van der Waals surface area contributed by atoms with E-state index in [9.17, 15) is 4.79 Å². The fourth-order valence-corrected chi connectivity index (χ4v) is 3.02. The molecule has 6 heteroatoms. The Bertz CT molecular complexity index is 761. The summed E-state index contributed by atoms with van der Waals surface area (Å²) < 4.78 is 17.5. The van der Waals surface area contributed by atoms with E-state index in [-0.39, 0.29) is 5.91 Å². The lowest BCUT2D eigenvalue weighted by Gasteiger charge is -2.20. The highest BCUT2D eigenvalue weighted by molar-refractivity contribution is 9.10. The first-order valence-corrected chi connectivity index (χ1v) is 9.60. The fourth-order valence-electron chi connectivity index (χ4n) is 2.60. The van der Waals surface area contributed by atoms with Crippen molar-refractivity contribution in [3.8, 4) is 17.2 Å². The molecule has 1 heterocycles. The van der Waals surface area contributed by atoms with Crippen LogP contribution in [0.2, 0.25) is 0 Å². The van der Waals surface area contributed by atoms with Crippen LogP contribution in [0.1, 0.15) is 36.5 Å². The maximum absolute atomic E-state index is 12.5. The second kappa shape index (κ2) is 8.94. The van der Waals surface area contributed by atoms with Gasteiger partial charge in [-0.05, 0) is 46.6 Å². The molecule has 0 fully saturated rings. The van der Waals surface area contributed by atoms with Gasteiger partial charge in [0.25, 0.3) is 5.91 Å². The normalized spacial score (nSPS) is 12.5. The third kappa shape index (κ3) is 4.69. The fraction of sp³-hybridized carbons (Fsp3) is 0.350. The highest BCUT2D eigenvalue weighted by Gasteiger charge is 2.16. The maximum atomic E-state index is 12.5. The van der Waals surface area contributed by atoms with E-state index >= 15 is 0 Å². The minimum atomic E-state index is -0.195. The lowest BCUT2D eigenvalue weighted by Crippen LogP contribution is -2.17. The smallest absolute Gasteiger partial charge is 0.255 e. The molecule has 26 heavy (non-hydrogen) atoms. The first-order valence-electron chi connectivity index (χ1n) is 8.80. The number of carbonyl (C=O) groups excluding carboxylic acids is 1. The molecule has 0 aromatic heterocycles. The molecule has 2 aromatic carbocycles. The van der Waals surface area contributed by atoms with Crippen molar-refractivity contribution in [3.05, 3.63) is 46.4 Å². The van der Waals surface area contributed by atoms with Crippen LogP contribution >= 0.6 is 15.9 Å². The van der Waals surface area contributed by atoms with E-state index in [1.54, 1.807) is 24.3 Å². The van der Waals surface area contributed by atoms with Gasteiger partial charge < -0.3 is 19.5 Å². The quantitative estimate of drug-likeness (QED) is 0.638. The lowest BCUT2D eigenvalue weighted by atomic mass is 10.2. The molecule has 0 bridgehead atoms. The van der Waals surface area contributed by atoms with E-state index < -0.39 is 0 Å². The van der Waals surface area contributed by atoms with E-state index in [2.05, 4.69) is 28.2 Å². The van der Waals surface area contributed by atoms with Crippen molar-refractivity contribution >= 4 is 27.5 Å². The molecule has 1 N–H and O–H groups in total. The Morgan fingerprint density at radius 3 is 2.50 bits per heavy atom. The molecule has 1 aliphatic heterocycles. The number of amides is 1. The molecule has 3 rings (SSSR count). The van der Waals surface area contributed by atoms with Gasteiger partial charge in [-0.15, -0.1) is 0 Å². The SMILES string of the molecule is CCCCCOc1ccc(C(=O)Nc2cc3c(cc2Br)OCCO3)cc1. The number of carbonyl (C=O) groups is 1. The third-order valence-electron chi connectivity index (χ3n) is 4.01. The van der Waals surface area contributed by atoms with Crippen LogP contribution in [-0.4, -0.2) is 25.7 Å². The van der Waals surface area contributed by atoms with E-state index in [4.69, 9.17) is 14.2 Å². The monoisotopic (exact) mass is 419 g/mol. The van der Waals surface area contributed by atoms with Gasteiger partial charge in [0.15, 0.2) is 11.5 Å². The Kier molecular flexibility index (Phi) is 6.39. The van der Waals surface area contributed by atoms with Crippen molar-refractivity contribution in [3.63, 3.8) is 0 Å². The van der Waals surface area contributed by atoms with Gasteiger partial charge in [0.2, 0.25) is 0 Å². The number of unbranched alkanes of at least 4 members (excludes halogenated alkanes) is 2. The Hall–Kier alpha value is -2.21. The van der Waals surface area contributed by atoms with Gasteiger partial charge in [-0.2, -0.15) is 0 Å². The molecule has 0 aliphatic carbocycles. The maximum Gasteiger partial charge on any atom is 0.255 e. The summed E-state index contributed by atoms with van der Waals surface area (Å²) in [7, 11) is 0. The Labute approximate surface area is 161 Å². The van der Waals surface area contributed by atoms with E-state index in [0.717, 1.165) is 29.5 Å². The standard InChI is InChI=1S/C20H22BrNO4/c1-2-3-4-9-24-15-7-5-14(6-8-15)20(23)22-17-13-19-18(12-16(17)21)25-10-11-26-19/h5-8,12-13H,2-4,9-11H2,1H3,(H,22,23). The summed E-state index contributed by atoms with van der Waals surface area (Å²) in [4.78, 5) is 12.5. The number of hydrogen-bond donors (Lipinski definition) is 1. The zero-order valence-electron chi connectivity index (χ0n) is 14.7. The molecular formula is C20H22BrNO4. The number of anilines is 1. The van der Waals surface area contributed by atoms with Crippen LogP contribution in [0.4, 0.5) is 5.69 Å². The summed E-state index contributed by atoms with van der Waals surface area (Å²) in [6.07, 6.45) is 3.36. The highest BCUT2D eigenvalue weighted by atomic mass is 79.9.